The predicted octanol–water partition coefficient (Wildman–Crippen LogP) is 0.344. The van der Waals surface area contributed by atoms with Gasteiger partial charge in [-0.3, -0.25) is 4.79 Å². The van der Waals surface area contributed by atoms with Crippen molar-refractivity contribution in [3.05, 3.63) is 23.9 Å². The standard InChI is InChI=1S/C11H18N4O/c1-8(7-15(2)3)14-11(16)9-4-5-13-10(12)6-9/h4-6,8H,7H2,1-3H3,(H2,12,13)(H,14,16). The second kappa shape index (κ2) is 5.46. The summed E-state index contributed by atoms with van der Waals surface area (Å²) < 4.78 is 0. The number of carbonyl (C=O) groups excluding carboxylic acids is 1. The fourth-order valence-corrected chi connectivity index (χ4v) is 1.49. The Morgan fingerprint density at radius 2 is 2.31 bits per heavy atom. The fourth-order valence-electron chi connectivity index (χ4n) is 1.49. The molecule has 3 N–H and O–H groups in total. The number of nitrogens with one attached hydrogen (secondary N) is 1. The van der Waals surface area contributed by atoms with Crippen LogP contribution in [0.1, 0.15) is 17.3 Å². The quantitative estimate of drug-likeness (QED) is 0.771. The Hall–Kier alpha value is -1.62. The van der Waals surface area contributed by atoms with Crippen molar-refractivity contribution in [2.24, 2.45) is 0 Å². The third kappa shape index (κ3) is 3.86. The molecule has 0 saturated carbocycles. The van der Waals surface area contributed by atoms with Gasteiger partial charge in [-0.2, -0.15) is 0 Å². The summed E-state index contributed by atoms with van der Waals surface area (Å²) in [7, 11) is 3.93. The molecule has 5 nitrogen and oxygen atoms in total. The predicted molar refractivity (Wildman–Crippen MR) is 64.1 cm³/mol. The lowest BCUT2D eigenvalue weighted by Gasteiger charge is -2.18. The average molecular weight is 222 g/mol. The van der Waals surface area contributed by atoms with Gasteiger partial charge in [-0.15, -0.1) is 0 Å². The Morgan fingerprint density at radius 1 is 1.62 bits per heavy atom. The molecule has 5 heteroatoms. The number of hydrogen-bond donors (Lipinski definition) is 2. The number of likely N-dealkylation sites (N-methyl/N-ethyl adjacent to an activating group) is 1. The van der Waals surface area contributed by atoms with Gasteiger partial charge in [0.25, 0.3) is 5.91 Å². The zero-order valence-corrected chi connectivity index (χ0v) is 9.90. The number of nitrogens with two attached hydrogens (primary N) is 1. The summed E-state index contributed by atoms with van der Waals surface area (Å²) in [6, 6.07) is 3.31. The van der Waals surface area contributed by atoms with E-state index in [4.69, 9.17) is 5.73 Å². The van der Waals surface area contributed by atoms with Gasteiger partial charge in [-0.25, -0.2) is 4.98 Å². The van der Waals surface area contributed by atoms with Crippen LogP contribution in [0.4, 0.5) is 5.82 Å². The molecule has 0 bridgehead atoms. The Bertz CT molecular complexity index is 365. The summed E-state index contributed by atoms with van der Waals surface area (Å²) in [5.74, 6) is 0.233. The second-order valence-corrected chi connectivity index (χ2v) is 4.11. The highest BCUT2D eigenvalue weighted by Gasteiger charge is 2.10. The molecule has 1 aromatic rings. The maximum Gasteiger partial charge on any atom is 0.251 e. The molecule has 16 heavy (non-hydrogen) atoms. The first-order chi connectivity index (χ1) is 7.49. The molecule has 1 heterocycles. The van der Waals surface area contributed by atoms with E-state index in [1.54, 1.807) is 12.1 Å². The van der Waals surface area contributed by atoms with E-state index in [2.05, 4.69) is 10.3 Å². The molecule has 0 aliphatic heterocycles. The van der Waals surface area contributed by atoms with Crippen LogP contribution in [-0.2, 0) is 0 Å². The molecule has 1 atom stereocenters. The van der Waals surface area contributed by atoms with Crippen LogP contribution >= 0.6 is 0 Å². The van der Waals surface area contributed by atoms with Crippen molar-refractivity contribution in [2.45, 2.75) is 13.0 Å². The van der Waals surface area contributed by atoms with Crippen LogP contribution in [0.25, 0.3) is 0 Å². The van der Waals surface area contributed by atoms with Gasteiger partial charge < -0.3 is 16.0 Å². The van der Waals surface area contributed by atoms with E-state index in [1.165, 1.54) is 6.20 Å². The molecule has 1 unspecified atom stereocenters. The van der Waals surface area contributed by atoms with E-state index < -0.39 is 0 Å². The Labute approximate surface area is 95.7 Å². The lowest BCUT2D eigenvalue weighted by molar-refractivity contribution is 0.0934. The number of aromatic nitrogens is 1. The summed E-state index contributed by atoms with van der Waals surface area (Å²) in [5, 5.41) is 2.89. The molecular weight excluding hydrogens is 204 g/mol. The van der Waals surface area contributed by atoms with Gasteiger partial charge in [0.1, 0.15) is 5.82 Å². The average Bonchev–Trinajstić information content (AvgIpc) is 2.16. The minimum absolute atomic E-state index is 0.0943. The summed E-state index contributed by atoms with van der Waals surface area (Å²) >= 11 is 0. The molecule has 0 aromatic carbocycles. The second-order valence-electron chi connectivity index (χ2n) is 4.11. The number of hydrogen-bond acceptors (Lipinski definition) is 4. The molecule has 0 radical (unpaired) electrons. The Kier molecular flexibility index (Phi) is 4.25. The van der Waals surface area contributed by atoms with Gasteiger partial charge in [0.15, 0.2) is 0 Å². The Balaban J connectivity index is 2.59. The summed E-state index contributed by atoms with van der Waals surface area (Å²) in [5.41, 5.74) is 6.05. The minimum Gasteiger partial charge on any atom is -0.384 e. The highest BCUT2D eigenvalue weighted by atomic mass is 16.1. The molecule has 0 saturated heterocycles. The van der Waals surface area contributed by atoms with E-state index >= 15 is 0 Å². The molecule has 1 rings (SSSR count). The van der Waals surface area contributed by atoms with Gasteiger partial charge in [0.2, 0.25) is 0 Å². The molecule has 1 amide bonds. The summed E-state index contributed by atoms with van der Waals surface area (Å²) in [6.45, 7) is 2.76. The summed E-state index contributed by atoms with van der Waals surface area (Å²) in [4.78, 5) is 17.6. The highest BCUT2D eigenvalue weighted by Crippen LogP contribution is 2.03. The van der Waals surface area contributed by atoms with Crippen LogP contribution in [-0.4, -0.2) is 42.5 Å². The number of nitrogen functional groups attached to an aromatic ring is 1. The number of rotatable bonds is 4. The maximum atomic E-state index is 11.8. The minimum atomic E-state index is -0.122. The topological polar surface area (TPSA) is 71.2 Å². The molecular formula is C11H18N4O. The van der Waals surface area contributed by atoms with Crippen molar-refractivity contribution < 1.29 is 4.79 Å². The zero-order chi connectivity index (χ0) is 12.1. The molecule has 0 aliphatic rings. The number of amides is 1. The number of pyridine rings is 1. The zero-order valence-electron chi connectivity index (χ0n) is 9.90. The first-order valence-electron chi connectivity index (χ1n) is 5.16. The van der Waals surface area contributed by atoms with Crippen LogP contribution in [0.5, 0.6) is 0 Å². The van der Waals surface area contributed by atoms with Gasteiger partial charge in [0.05, 0.1) is 0 Å². The highest BCUT2D eigenvalue weighted by molar-refractivity contribution is 5.94. The van der Waals surface area contributed by atoms with E-state index in [9.17, 15) is 4.79 Å². The van der Waals surface area contributed by atoms with Gasteiger partial charge in [-0.05, 0) is 33.2 Å². The Morgan fingerprint density at radius 3 is 2.88 bits per heavy atom. The van der Waals surface area contributed by atoms with Crippen molar-refractivity contribution in [3.8, 4) is 0 Å². The fraction of sp³-hybridized carbons (Fsp3) is 0.455. The smallest absolute Gasteiger partial charge is 0.251 e. The number of nitrogens with zero attached hydrogens (tertiary/aromatic N) is 2. The monoisotopic (exact) mass is 222 g/mol. The van der Waals surface area contributed by atoms with Crippen molar-refractivity contribution in [3.63, 3.8) is 0 Å². The van der Waals surface area contributed by atoms with E-state index in [0.717, 1.165) is 6.54 Å². The SMILES string of the molecule is CC(CN(C)C)NC(=O)c1ccnc(N)c1. The maximum absolute atomic E-state index is 11.8. The van der Waals surface area contributed by atoms with E-state index in [-0.39, 0.29) is 11.9 Å². The first-order valence-corrected chi connectivity index (χ1v) is 5.16. The van der Waals surface area contributed by atoms with E-state index in [1.807, 2.05) is 25.9 Å². The molecule has 88 valence electrons. The van der Waals surface area contributed by atoms with Crippen LogP contribution in [0.2, 0.25) is 0 Å². The van der Waals surface area contributed by atoms with Crippen molar-refractivity contribution in [2.75, 3.05) is 26.4 Å². The van der Waals surface area contributed by atoms with Gasteiger partial charge in [-0.1, -0.05) is 0 Å². The van der Waals surface area contributed by atoms with Gasteiger partial charge >= 0.3 is 0 Å². The van der Waals surface area contributed by atoms with Gasteiger partial charge in [0, 0.05) is 24.3 Å². The largest absolute Gasteiger partial charge is 0.384 e. The molecule has 0 spiro atoms. The van der Waals surface area contributed by atoms with Crippen LogP contribution in [0, 0.1) is 0 Å². The van der Waals surface area contributed by atoms with Crippen molar-refractivity contribution in [1.82, 2.24) is 15.2 Å². The van der Waals surface area contributed by atoms with Crippen molar-refractivity contribution in [1.29, 1.82) is 0 Å². The third-order valence-electron chi connectivity index (χ3n) is 2.06. The first kappa shape index (κ1) is 12.4. The third-order valence-corrected chi connectivity index (χ3v) is 2.06. The number of anilines is 1. The van der Waals surface area contributed by atoms with E-state index in [0.29, 0.717) is 11.4 Å². The number of carbonyl (C=O) groups is 1. The lowest BCUT2D eigenvalue weighted by atomic mass is 10.2. The van der Waals surface area contributed by atoms with Crippen LogP contribution in [0.3, 0.4) is 0 Å². The lowest BCUT2D eigenvalue weighted by Crippen LogP contribution is -2.39. The van der Waals surface area contributed by atoms with Crippen LogP contribution in [0.15, 0.2) is 18.3 Å². The molecule has 0 fully saturated rings. The normalized spacial score (nSPS) is 12.5. The molecule has 0 aliphatic carbocycles. The molecule has 1 aromatic heterocycles. The van der Waals surface area contributed by atoms with Crippen molar-refractivity contribution >= 4 is 11.7 Å². The van der Waals surface area contributed by atoms with Crippen LogP contribution < -0.4 is 11.1 Å². The summed E-state index contributed by atoms with van der Waals surface area (Å²) in [6.07, 6.45) is 1.53.